The van der Waals surface area contributed by atoms with Gasteiger partial charge in [-0.25, -0.2) is 0 Å². The van der Waals surface area contributed by atoms with Gasteiger partial charge in [-0.15, -0.1) is 0 Å². The van der Waals surface area contributed by atoms with Crippen molar-refractivity contribution in [2.45, 2.75) is 282 Å². The number of rotatable bonds is 47. The summed E-state index contributed by atoms with van der Waals surface area (Å²) in [6, 6.07) is 0. The molecule has 13 heteroatoms. The Balaban J connectivity index is 2.36. The zero-order chi connectivity index (χ0) is 49.8. The van der Waals surface area contributed by atoms with Gasteiger partial charge >= 0.3 is 11.9 Å². The fourth-order valence-corrected chi connectivity index (χ4v) is 9.09. The smallest absolute Gasteiger partial charge is 0.306 e. The second-order valence-corrected chi connectivity index (χ2v) is 20.7. The minimum atomic E-state index is -4.61. The monoisotopic (exact) mass is 985 g/mol. The molecule has 0 aromatic heterocycles. The Bertz CT molecular complexity index is 1380. The van der Waals surface area contributed by atoms with Crippen LogP contribution in [0.3, 0.4) is 0 Å². The molecule has 0 radical (unpaired) electrons. The van der Waals surface area contributed by atoms with E-state index in [0.29, 0.717) is 19.3 Å². The first kappa shape index (κ1) is 63.9. The summed E-state index contributed by atoms with van der Waals surface area (Å²) in [5.41, 5.74) is 0. The largest absolute Gasteiger partial charge is 0.462 e. The van der Waals surface area contributed by atoms with Gasteiger partial charge < -0.3 is 34.3 Å². The van der Waals surface area contributed by atoms with E-state index < -0.39 is 71.2 Å². The summed E-state index contributed by atoms with van der Waals surface area (Å²) in [5, 5.41) is 31.0. The van der Waals surface area contributed by atoms with Gasteiger partial charge in [-0.3, -0.25) is 14.1 Å². The Labute approximate surface area is 414 Å². The van der Waals surface area contributed by atoms with Crippen molar-refractivity contribution in [2.24, 2.45) is 0 Å². The molecule has 0 saturated carbocycles. The maximum Gasteiger partial charge on any atom is 0.306 e. The fraction of sp³-hybridized carbons (Fsp3) is 0.855. The number of aliphatic hydroxyl groups is 3. The van der Waals surface area contributed by atoms with Gasteiger partial charge in [-0.1, -0.05) is 198 Å². The average Bonchev–Trinajstić information content (AvgIpc) is 3.31. The maximum atomic E-state index is 12.9. The predicted molar refractivity (Wildman–Crippen MR) is 275 cm³/mol. The number of carbonyl (C=O) groups is 2. The van der Waals surface area contributed by atoms with Crippen molar-refractivity contribution in [3.05, 3.63) is 36.5 Å². The number of hydrogen-bond donors (Lipinski definition) is 4. The first-order valence-electron chi connectivity index (χ1n) is 27.5. The molecule has 1 heterocycles. The van der Waals surface area contributed by atoms with Gasteiger partial charge in [0.25, 0.3) is 10.1 Å². The molecule has 1 aliphatic heterocycles. The van der Waals surface area contributed by atoms with Crippen LogP contribution in [-0.2, 0) is 38.7 Å². The van der Waals surface area contributed by atoms with Gasteiger partial charge in [0.1, 0.15) is 36.8 Å². The lowest BCUT2D eigenvalue weighted by Gasteiger charge is -2.40. The van der Waals surface area contributed by atoms with Crippen molar-refractivity contribution in [2.75, 3.05) is 19.0 Å². The van der Waals surface area contributed by atoms with Crippen LogP contribution in [0, 0.1) is 0 Å². The van der Waals surface area contributed by atoms with E-state index in [1.807, 2.05) is 0 Å². The van der Waals surface area contributed by atoms with Gasteiger partial charge in [0.05, 0.1) is 6.61 Å². The molecular weight excluding hydrogens is 885 g/mol. The van der Waals surface area contributed by atoms with Crippen LogP contribution in [0.25, 0.3) is 0 Å². The molecule has 0 bridgehead atoms. The van der Waals surface area contributed by atoms with Gasteiger partial charge in [0, 0.05) is 12.8 Å². The summed E-state index contributed by atoms with van der Waals surface area (Å²) in [5.74, 6) is -2.03. The van der Waals surface area contributed by atoms with E-state index in [1.54, 1.807) is 0 Å². The zero-order valence-corrected chi connectivity index (χ0v) is 43.8. The van der Waals surface area contributed by atoms with Crippen LogP contribution >= 0.6 is 0 Å². The second kappa shape index (κ2) is 44.8. The number of carbonyl (C=O) groups excluding carboxylic acids is 2. The molecule has 68 heavy (non-hydrogen) atoms. The quantitative estimate of drug-likeness (QED) is 0.0196. The number of hydrogen-bond acceptors (Lipinski definition) is 11. The Morgan fingerprint density at radius 1 is 0.485 bits per heavy atom. The average molecular weight is 985 g/mol. The van der Waals surface area contributed by atoms with Gasteiger partial charge in [0.15, 0.2) is 12.4 Å². The third-order valence-electron chi connectivity index (χ3n) is 12.7. The molecule has 1 aliphatic rings. The van der Waals surface area contributed by atoms with Crippen LogP contribution in [-0.4, -0.2) is 96.0 Å². The van der Waals surface area contributed by atoms with E-state index >= 15 is 0 Å². The third-order valence-corrected chi connectivity index (χ3v) is 13.4. The third kappa shape index (κ3) is 38.6. The number of esters is 2. The normalized spacial score (nSPS) is 19.4. The standard InChI is InChI=1S/C55H100O12S/c1-3-5-7-9-11-13-15-17-19-21-22-23-24-25-26-28-29-31-33-35-37-39-41-43-50(56)64-45-48(46-65-55-54(60)53(59)52(58)49(67-55)47-68(61,62)63)66-51(57)44-42-40-38-36-34-32-30-27-20-18-16-14-12-10-8-6-4-2/h18,20,28-29,35,37,48-49,52-55,58-60H,3-17,19,21-27,30-34,36,38-47H2,1-2H3,(H,61,62,63)/b20-18+,29-28+,37-35+/t48-,49-,52-,53?,54?,55+/m1/s1. The number of unbranched alkanes of at least 4 members (excludes halogenated alkanes) is 29. The highest BCUT2D eigenvalue weighted by Crippen LogP contribution is 2.24. The molecule has 2 unspecified atom stereocenters. The van der Waals surface area contributed by atoms with Gasteiger partial charge in [-0.2, -0.15) is 8.42 Å². The van der Waals surface area contributed by atoms with Gasteiger partial charge in [0.2, 0.25) is 0 Å². The molecule has 0 aromatic carbocycles. The Hall–Kier alpha value is -2.13. The van der Waals surface area contributed by atoms with Crippen molar-refractivity contribution < 1.29 is 56.8 Å². The van der Waals surface area contributed by atoms with Crippen molar-refractivity contribution in [1.82, 2.24) is 0 Å². The minimum absolute atomic E-state index is 0.152. The van der Waals surface area contributed by atoms with Crippen molar-refractivity contribution in [1.29, 1.82) is 0 Å². The number of ether oxygens (including phenoxy) is 4. The van der Waals surface area contributed by atoms with Crippen LogP contribution < -0.4 is 0 Å². The molecule has 6 atom stereocenters. The zero-order valence-electron chi connectivity index (χ0n) is 43.0. The lowest BCUT2D eigenvalue weighted by molar-refractivity contribution is -0.297. The summed E-state index contributed by atoms with van der Waals surface area (Å²) in [6.45, 7) is 3.76. The fourth-order valence-electron chi connectivity index (χ4n) is 8.40. The molecule has 0 amide bonds. The van der Waals surface area contributed by atoms with E-state index in [4.69, 9.17) is 18.9 Å². The van der Waals surface area contributed by atoms with Gasteiger partial charge in [-0.05, 0) is 70.6 Å². The molecule has 1 saturated heterocycles. The summed E-state index contributed by atoms with van der Waals surface area (Å²) in [4.78, 5) is 25.5. The minimum Gasteiger partial charge on any atom is -0.462 e. The van der Waals surface area contributed by atoms with E-state index in [1.165, 1.54) is 148 Å². The Morgan fingerprint density at radius 3 is 1.31 bits per heavy atom. The number of aliphatic hydroxyl groups excluding tert-OH is 3. The first-order chi connectivity index (χ1) is 33.0. The molecule has 4 N–H and O–H groups in total. The highest BCUT2D eigenvalue weighted by Gasteiger charge is 2.46. The molecule has 0 spiro atoms. The van der Waals surface area contributed by atoms with E-state index in [-0.39, 0.29) is 19.4 Å². The lowest BCUT2D eigenvalue weighted by atomic mass is 10.00. The maximum absolute atomic E-state index is 12.9. The predicted octanol–water partition coefficient (Wildman–Crippen LogP) is 12.9. The summed E-state index contributed by atoms with van der Waals surface area (Å²) < 4.78 is 54.3. The Kier molecular flexibility index (Phi) is 42.1. The molecular formula is C55H100O12S. The molecule has 0 aromatic rings. The van der Waals surface area contributed by atoms with Crippen molar-refractivity contribution in [3.8, 4) is 0 Å². The van der Waals surface area contributed by atoms with Crippen LogP contribution in [0.5, 0.6) is 0 Å². The van der Waals surface area contributed by atoms with E-state index in [0.717, 1.165) is 51.4 Å². The summed E-state index contributed by atoms with van der Waals surface area (Å²) >= 11 is 0. The van der Waals surface area contributed by atoms with E-state index in [2.05, 4.69) is 50.3 Å². The second-order valence-electron chi connectivity index (χ2n) is 19.2. The SMILES string of the molecule is CCCCCCCC/C=C/CCCCCCCCCC(=O)O[C@H](COC(=O)CCC/C=C/CC/C=C/CCCCCCCCCCCCCCCC)CO[C@H]1O[C@H](CS(=O)(=O)O)[C@@H](O)C(O)C1O. The van der Waals surface area contributed by atoms with Crippen molar-refractivity contribution in [3.63, 3.8) is 0 Å². The molecule has 398 valence electrons. The molecule has 1 rings (SSSR count). The van der Waals surface area contributed by atoms with Crippen LogP contribution in [0.1, 0.15) is 245 Å². The first-order valence-corrected chi connectivity index (χ1v) is 29.2. The Morgan fingerprint density at radius 2 is 0.868 bits per heavy atom. The van der Waals surface area contributed by atoms with E-state index in [9.17, 15) is 37.9 Å². The molecule has 0 aliphatic carbocycles. The topological polar surface area (TPSA) is 186 Å². The molecule has 1 fully saturated rings. The van der Waals surface area contributed by atoms with Crippen LogP contribution in [0.2, 0.25) is 0 Å². The van der Waals surface area contributed by atoms with Crippen LogP contribution in [0.15, 0.2) is 36.5 Å². The highest BCUT2D eigenvalue weighted by molar-refractivity contribution is 7.85. The lowest BCUT2D eigenvalue weighted by Crippen LogP contribution is -2.60. The molecule has 12 nitrogen and oxygen atoms in total. The van der Waals surface area contributed by atoms with Crippen LogP contribution in [0.4, 0.5) is 0 Å². The summed E-state index contributed by atoms with van der Waals surface area (Å²) in [6.07, 6.45) is 44.8. The highest BCUT2D eigenvalue weighted by atomic mass is 32.2. The van der Waals surface area contributed by atoms with Crippen molar-refractivity contribution >= 4 is 22.1 Å². The number of allylic oxidation sites excluding steroid dienone is 6. The summed E-state index contributed by atoms with van der Waals surface area (Å²) in [7, 11) is -4.61.